The van der Waals surface area contributed by atoms with Crippen molar-refractivity contribution in [3.63, 3.8) is 0 Å². The standard InChI is InChI=1S/C22H29N5O3/c1-16(2)25(3)20(28)18-8-5-11-27(15-18)22(30)24-19-9-4-7-17(13-19)14-26-12-6-10-23-21(26)29/h4,6-7,9-10,12-13,16,18H,5,8,11,14-15H2,1-3H3,(H,24,30). The molecule has 160 valence electrons. The highest BCUT2D eigenvalue weighted by molar-refractivity contribution is 5.90. The summed E-state index contributed by atoms with van der Waals surface area (Å²) in [5.41, 5.74) is 1.22. The van der Waals surface area contributed by atoms with Crippen LogP contribution in [0.3, 0.4) is 0 Å². The van der Waals surface area contributed by atoms with Gasteiger partial charge in [-0.05, 0) is 50.5 Å². The van der Waals surface area contributed by atoms with E-state index in [2.05, 4.69) is 10.3 Å². The van der Waals surface area contributed by atoms with Gasteiger partial charge in [0.1, 0.15) is 0 Å². The van der Waals surface area contributed by atoms with Crippen molar-refractivity contribution in [3.05, 3.63) is 58.8 Å². The van der Waals surface area contributed by atoms with Crippen molar-refractivity contribution in [2.24, 2.45) is 5.92 Å². The van der Waals surface area contributed by atoms with Gasteiger partial charge in [-0.3, -0.25) is 9.36 Å². The van der Waals surface area contributed by atoms with Crippen LogP contribution in [0.2, 0.25) is 0 Å². The van der Waals surface area contributed by atoms with Gasteiger partial charge in [-0.2, -0.15) is 0 Å². The number of piperidine rings is 1. The molecule has 1 aliphatic rings. The van der Waals surface area contributed by atoms with Crippen molar-refractivity contribution >= 4 is 17.6 Å². The van der Waals surface area contributed by atoms with E-state index in [1.54, 1.807) is 22.1 Å². The van der Waals surface area contributed by atoms with Crippen molar-refractivity contribution in [1.82, 2.24) is 19.4 Å². The maximum absolute atomic E-state index is 12.8. The molecule has 0 spiro atoms. The Labute approximate surface area is 176 Å². The topological polar surface area (TPSA) is 87.5 Å². The molecule has 0 aliphatic carbocycles. The van der Waals surface area contributed by atoms with Crippen LogP contribution in [-0.2, 0) is 11.3 Å². The van der Waals surface area contributed by atoms with Gasteiger partial charge in [-0.25, -0.2) is 14.6 Å². The average molecular weight is 412 g/mol. The number of likely N-dealkylation sites (tertiary alicyclic amines) is 1. The molecule has 1 aliphatic heterocycles. The molecule has 1 saturated heterocycles. The Kier molecular flexibility index (Phi) is 6.87. The van der Waals surface area contributed by atoms with E-state index in [-0.39, 0.29) is 29.6 Å². The van der Waals surface area contributed by atoms with E-state index in [0.717, 1.165) is 18.4 Å². The molecule has 1 N–H and O–H groups in total. The average Bonchev–Trinajstić information content (AvgIpc) is 2.74. The summed E-state index contributed by atoms with van der Waals surface area (Å²) in [6.07, 6.45) is 4.75. The number of rotatable bonds is 5. The first kappa shape index (κ1) is 21.5. The lowest BCUT2D eigenvalue weighted by molar-refractivity contribution is -0.137. The molecule has 1 aromatic carbocycles. The number of nitrogens with one attached hydrogen (secondary N) is 1. The van der Waals surface area contributed by atoms with Gasteiger partial charge in [0.25, 0.3) is 0 Å². The monoisotopic (exact) mass is 411 g/mol. The van der Waals surface area contributed by atoms with E-state index in [0.29, 0.717) is 25.3 Å². The summed E-state index contributed by atoms with van der Waals surface area (Å²) in [4.78, 5) is 44.5. The maximum Gasteiger partial charge on any atom is 0.347 e. The Morgan fingerprint density at radius 1 is 1.30 bits per heavy atom. The number of anilines is 1. The number of carbonyl (C=O) groups is 2. The van der Waals surface area contributed by atoms with Crippen LogP contribution in [0, 0.1) is 5.92 Å². The van der Waals surface area contributed by atoms with Crippen molar-refractivity contribution < 1.29 is 9.59 Å². The number of aromatic nitrogens is 2. The normalized spacial score (nSPS) is 16.4. The molecule has 3 amide bonds. The second-order valence-corrected chi connectivity index (χ2v) is 7.99. The number of nitrogens with zero attached hydrogens (tertiary/aromatic N) is 4. The van der Waals surface area contributed by atoms with Crippen LogP contribution in [0.15, 0.2) is 47.5 Å². The Bertz CT molecular complexity index is 956. The second kappa shape index (κ2) is 9.56. The molecule has 2 aromatic rings. The van der Waals surface area contributed by atoms with E-state index >= 15 is 0 Å². The zero-order valence-electron chi connectivity index (χ0n) is 17.7. The number of urea groups is 1. The van der Waals surface area contributed by atoms with E-state index in [9.17, 15) is 14.4 Å². The molecule has 0 saturated carbocycles. The van der Waals surface area contributed by atoms with Crippen LogP contribution < -0.4 is 11.0 Å². The number of carbonyl (C=O) groups excluding carboxylic acids is 2. The van der Waals surface area contributed by atoms with Crippen molar-refractivity contribution in [2.45, 2.75) is 39.3 Å². The van der Waals surface area contributed by atoms with E-state index < -0.39 is 0 Å². The first-order chi connectivity index (χ1) is 14.3. The summed E-state index contributed by atoms with van der Waals surface area (Å²) in [6.45, 7) is 5.39. The quantitative estimate of drug-likeness (QED) is 0.818. The summed E-state index contributed by atoms with van der Waals surface area (Å²) in [7, 11) is 1.81. The van der Waals surface area contributed by atoms with Gasteiger partial charge in [0, 0.05) is 44.3 Å². The van der Waals surface area contributed by atoms with E-state index in [1.165, 1.54) is 10.8 Å². The van der Waals surface area contributed by atoms with Gasteiger partial charge in [0.2, 0.25) is 5.91 Å². The van der Waals surface area contributed by atoms with Gasteiger partial charge >= 0.3 is 11.7 Å². The summed E-state index contributed by atoms with van der Waals surface area (Å²) in [5, 5.41) is 2.92. The van der Waals surface area contributed by atoms with E-state index in [1.807, 2.05) is 45.2 Å². The third-order valence-corrected chi connectivity index (χ3v) is 5.49. The largest absolute Gasteiger partial charge is 0.347 e. The Morgan fingerprint density at radius 2 is 2.10 bits per heavy atom. The molecule has 8 nitrogen and oxygen atoms in total. The highest BCUT2D eigenvalue weighted by Crippen LogP contribution is 2.21. The summed E-state index contributed by atoms with van der Waals surface area (Å²) < 4.78 is 1.51. The van der Waals surface area contributed by atoms with Crippen LogP contribution in [-0.4, -0.2) is 57.5 Å². The lowest BCUT2D eigenvalue weighted by Crippen LogP contribution is -2.48. The van der Waals surface area contributed by atoms with Gasteiger partial charge in [-0.1, -0.05) is 12.1 Å². The number of hydrogen-bond acceptors (Lipinski definition) is 4. The molecule has 3 rings (SSSR count). The number of hydrogen-bond donors (Lipinski definition) is 1. The third-order valence-electron chi connectivity index (χ3n) is 5.49. The summed E-state index contributed by atoms with van der Waals surface area (Å²) >= 11 is 0. The Hall–Kier alpha value is -3.16. The van der Waals surface area contributed by atoms with Crippen LogP contribution in [0.5, 0.6) is 0 Å². The van der Waals surface area contributed by atoms with Crippen molar-refractivity contribution in [3.8, 4) is 0 Å². The predicted octanol–water partition coefficient (Wildman–Crippen LogP) is 2.40. The van der Waals surface area contributed by atoms with Crippen molar-refractivity contribution in [2.75, 3.05) is 25.5 Å². The van der Waals surface area contributed by atoms with Crippen LogP contribution in [0.1, 0.15) is 32.3 Å². The second-order valence-electron chi connectivity index (χ2n) is 7.99. The molecule has 1 fully saturated rings. The van der Waals surface area contributed by atoms with Gasteiger partial charge < -0.3 is 15.1 Å². The Morgan fingerprint density at radius 3 is 2.83 bits per heavy atom. The lowest BCUT2D eigenvalue weighted by atomic mass is 9.96. The first-order valence-corrected chi connectivity index (χ1v) is 10.3. The molecule has 2 heterocycles. The Balaban J connectivity index is 1.63. The minimum atomic E-state index is -0.317. The lowest BCUT2D eigenvalue weighted by Gasteiger charge is -2.35. The highest BCUT2D eigenvalue weighted by Gasteiger charge is 2.30. The highest BCUT2D eigenvalue weighted by atomic mass is 16.2. The van der Waals surface area contributed by atoms with E-state index in [4.69, 9.17) is 0 Å². The zero-order valence-corrected chi connectivity index (χ0v) is 17.7. The molecule has 0 radical (unpaired) electrons. The molecule has 1 aromatic heterocycles. The fourth-order valence-corrected chi connectivity index (χ4v) is 3.56. The minimum Gasteiger partial charge on any atom is -0.343 e. The molecule has 1 atom stereocenters. The molecular weight excluding hydrogens is 382 g/mol. The summed E-state index contributed by atoms with van der Waals surface area (Å²) in [6, 6.07) is 9.02. The predicted molar refractivity (Wildman–Crippen MR) is 115 cm³/mol. The number of benzene rings is 1. The fraction of sp³-hybridized carbons (Fsp3) is 0.455. The van der Waals surface area contributed by atoms with Gasteiger partial charge in [-0.15, -0.1) is 0 Å². The fourth-order valence-electron chi connectivity index (χ4n) is 3.56. The van der Waals surface area contributed by atoms with Gasteiger partial charge in [0.15, 0.2) is 0 Å². The maximum atomic E-state index is 12.8. The SMILES string of the molecule is CC(C)N(C)C(=O)C1CCCN(C(=O)Nc2cccc(Cn3cccnc3=O)c2)C1. The van der Waals surface area contributed by atoms with Crippen molar-refractivity contribution in [1.29, 1.82) is 0 Å². The molecule has 8 heteroatoms. The summed E-state index contributed by atoms with van der Waals surface area (Å²) in [5.74, 6) is -0.0768. The zero-order chi connectivity index (χ0) is 21.7. The van der Waals surface area contributed by atoms with Crippen LogP contribution in [0.25, 0.3) is 0 Å². The molecule has 1 unspecified atom stereocenters. The minimum absolute atomic E-state index is 0.0893. The van der Waals surface area contributed by atoms with Crippen LogP contribution >= 0.6 is 0 Å². The molecule has 0 bridgehead atoms. The first-order valence-electron chi connectivity index (χ1n) is 10.3. The molecular formula is C22H29N5O3. The molecule has 30 heavy (non-hydrogen) atoms. The third kappa shape index (κ3) is 5.25. The van der Waals surface area contributed by atoms with Crippen LogP contribution in [0.4, 0.5) is 10.5 Å². The smallest absolute Gasteiger partial charge is 0.343 e. The van der Waals surface area contributed by atoms with Gasteiger partial charge in [0.05, 0.1) is 12.5 Å². The number of amides is 3.